The number of ether oxygens (including phenoxy) is 1. The second kappa shape index (κ2) is 5.69. The summed E-state index contributed by atoms with van der Waals surface area (Å²) in [7, 11) is 0. The molecular weight excluding hydrogens is 289 g/mol. The lowest BCUT2D eigenvalue weighted by Crippen LogP contribution is -2.13. The number of benzene rings is 1. The van der Waals surface area contributed by atoms with Gasteiger partial charge < -0.3 is 9.30 Å². The number of nitrogens with zero attached hydrogens (tertiary/aromatic N) is 1. The zero-order valence-corrected chi connectivity index (χ0v) is 12.3. The molecule has 0 spiro atoms. The Hall–Kier alpha value is -2.14. The molecule has 2 heterocycles. The average molecular weight is 303 g/mol. The molecule has 0 aliphatic heterocycles. The molecule has 108 valence electrons. The van der Waals surface area contributed by atoms with E-state index in [9.17, 15) is 9.18 Å². The van der Waals surface area contributed by atoms with E-state index in [2.05, 4.69) is 0 Å². The van der Waals surface area contributed by atoms with Gasteiger partial charge in [0, 0.05) is 5.56 Å². The summed E-state index contributed by atoms with van der Waals surface area (Å²) in [5.74, 6) is -0.651. The van der Waals surface area contributed by atoms with Crippen molar-refractivity contribution in [3.05, 3.63) is 58.9 Å². The minimum Gasteiger partial charge on any atom is -0.461 e. The molecule has 2 aromatic heterocycles. The van der Waals surface area contributed by atoms with E-state index in [0.29, 0.717) is 24.4 Å². The van der Waals surface area contributed by atoms with Gasteiger partial charge in [-0.15, -0.1) is 11.3 Å². The van der Waals surface area contributed by atoms with Crippen molar-refractivity contribution in [1.29, 1.82) is 0 Å². The number of esters is 1. The Bertz CT molecular complexity index is 791. The standard InChI is InChI=1S/C16H14FNO2S/c1-2-20-16(19)14-9-15-13(7-8-21-15)18(14)10-11-5-3-4-6-12(11)17/h3-9H,2,10H2,1H3. The van der Waals surface area contributed by atoms with Crippen molar-refractivity contribution in [2.24, 2.45) is 0 Å². The Morgan fingerprint density at radius 2 is 2.14 bits per heavy atom. The van der Waals surface area contributed by atoms with Gasteiger partial charge in [-0.05, 0) is 30.5 Å². The van der Waals surface area contributed by atoms with Crippen LogP contribution in [0, 0.1) is 5.82 Å². The maximum absolute atomic E-state index is 13.9. The van der Waals surface area contributed by atoms with Gasteiger partial charge in [0.1, 0.15) is 11.5 Å². The molecule has 0 N–H and O–H groups in total. The van der Waals surface area contributed by atoms with E-state index < -0.39 is 0 Å². The second-order valence-electron chi connectivity index (χ2n) is 4.60. The summed E-state index contributed by atoms with van der Waals surface area (Å²) in [6.07, 6.45) is 0. The smallest absolute Gasteiger partial charge is 0.355 e. The third-order valence-electron chi connectivity index (χ3n) is 3.29. The lowest BCUT2D eigenvalue weighted by molar-refractivity contribution is 0.0515. The second-order valence-corrected chi connectivity index (χ2v) is 5.55. The summed E-state index contributed by atoms with van der Waals surface area (Å²) < 4.78 is 21.8. The first kappa shape index (κ1) is 13.8. The third-order valence-corrected chi connectivity index (χ3v) is 4.15. The fourth-order valence-electron chi connectivity index (χ4n) is 2.32. The average Bonchev–Trinajstić information content (AvgIpc) is 3.04. The number of carbonyl (C=O) groups excluding carboxylic acids is 1. The fraction of sp³-hybridized carbons (Fsp3) is 0.188. The summed E-state index contributed by atoms with van der Waals surface area (Å²) in [4.78, 5) is 12.1. The van der Waals surface area contributed by atoms with Gasteiger partial charge in [-0.1, -0.05) is 18.2 Å². The molecule has 0 aliphatic rings. The summed E-state index contributed by atoms with van der Waals surface area (Å²) in [6.45, 7) is 2.39. The largest absolute Gasteiger partial charge is 0.461 e. The van der Waals surface area contributed by atoms with Crippen LogP contribution >= 0.6 is 11.3 Å². The van der Waals surface area contributed by atoms with Gasteiger partial charge in [-0.25, -0.2) is 9.18 Å². The maximum Gasteiger partial charge on any atom is 0.355 e. The molecule has 3 rings (SSSR count). The van der Waals surface area contributed by atoms with Gasteiger partial charge >= 0.3 is 5.97 Å². The van der Waals surface area contributed by atoms with Crippen molar-refractivity contribution in [1.82, 2.24) is 4.57 Å². The minimum absolute atomic E-state index is 0.274. The van der Waals surface area contributed by atoms with Crippen LogP contribution in [0.2, 0.25) is 0 Å². The van der Waals surface area contributed by atoms with E-state index in [-0.39, 0.29) is 11.8 Å². The van der Waals surface area contributed by atoms with Crippen LogP contribution in [0.5, 0.6) is 0 Å². The lowest BCUT2D eigenvalue weighted by atomic mass is 10.2. The molecule has 0 bridgehead atoms. The highest BCUT2D eigenvalue weighted by Crippen LogP contribution is 2.27. The molecule has 1 aromatic carbocycles. The van der Waals surface area contributed by atoms with Crippen molar-refractivity contribution in [3.63, 3.8) is 0 Å². The molecule has 0 saturated heterocycles. The molecule has 3 aromatic rings. The first-order valence-electron chi connectivity index (χ1n) is 6.68. The molecule has 21 heavy (non-hydrogen) atoms. The first-order valence-corrected chi connectivity index (χ1v) is 7.56. The van der Waals surface area contributed by atoms with Gasteiger partial charge in [-0.3, -0.25) is 0 Å². The van der Waals surface area contributed by atoms with Gasteiger partial charge in [0.05, 0.1) is 23.4 Å². The molecule has 0 fully saturated rings. The van der Waals surface area contributed by atoms with Crippen molar-refractivity contribution in [2.45, 2.75) is 13.5 Å². The van der Waals surface area contributed by atoms with Crippen LogP contribution < -0.4 is 0 Å². The van der Waals surface area contributed by atoms with Crippen molar-refractivity contribution in [2.75, 3.05) is 6.61 Å². The molecular formula is C16H14FNO2S. The molecule has 0 atom stereocenters. The van der Waals surface area contributed by atoms with Gasteiger partial charge in [0.15, 0.2) is 0 Å². The Kier molecular flexibility index (Phi) is 3.75. The minimum atomic E-state index is -0.378. The summed E-state index contributed by atoms with van der Waals surface area (Å²) >= 11 is 1.55. The Morgan fingerprint density at radius 3 is 2.90 bits per heavy atom. The lowest BCUT2D eigenvalue weighted by Gasteiger charge is -2.10. The summed E-state index contributed by atoms with van der Waals surface area (Å²) in [5.41, 5.74) is 1.93. The Balaban J connectivity index is 2.07. The predicted octanol–water partition coefficient (Wildman–Crippen LogP) is 4.07. The van der Waals surface area contributed by atoms with E-state index in [0.717, 1.165) is 10.2 Å². The van der Waals surface area contributed by atoms with Crippen molar-refractivity contribution < 1.29 is 13.9 Å². The zero-order chi connectivity index (χ0) is 14.8. The summed E-state index contributed by atoms with van der Waals surface area (Å²) in [6, 6.07) is 10.3. The maximum atomic E-state index is 13.9. The van der Waals surface area contributed by atoms with E-state index in [4.69, 9.17) is 4.74 Å². The number of hydrogen-bond acceptors (Lipinski definition) is 3. The van der Waals surface area contributed by atoms with Crippen LogP contribution in [-0.4, -0.2) is 17.1 Å². The number of rotatable bonds is 4. The molecule has 0 amide bonds. The number of aromatic nitrogens is 1. The molecule has 0 radical (unpaired) electrons. The monoisotopic (exact) mass is 303 g/mol. The SMILES string of the molecule is CCOC(=O)c1cc2sccc2n1Cc1ccccc1F. The van der Waals surface area contributed by atoms with E-state index in [1.54, 1.807) is 42.5 Å². The summed E-state index contributed by atoms with van der Waals surface area (Å²) in [5, 5.41) is 1.96. The van der Waals surface area contributed by atoms with Crippen molar-refractivity contribution >= 4 is 27.5 Å². The van der Waals surface area contributed by atoms with Crippen LogP contribution in [0.25, 0.3) is 10.2 Å². The van der Waals surface area contributed by atoms with Gasteiger partial charge in [0.25, 0.3) is 0 Å². The highest BCUT2D eigenvalue weighted by atomic mass is 32.1. The van der Waals surface area contributed by atoms with Crippen LogP contribution in [0.1, 0.15) is 23.0 Å². The number of fused-ring (bicyclic) bond motifs is 1. The third kappa shape index (κ3) is 2.56. The molecule has 0 saturated carbocycles. The quantitative estimate of drug-likeness (QED) is 0.680. The Labute approximate surface area is 125 Å². The molecule has 0 unspecified atom stereocenters. The van der Waals surface area contributed by atoms with Crippen molar-refractivity contribution in [3.8, 4) is 0 Å². The molecule has 0 aliphatic carbocycles. The van der Waals surface area contributed by atoms with E-state index in [1.807, 2.05) is 16.0 Å². The number of carbonyl (C=O) groups is 1. The topological polar surface area (TPSA) is 31.2 Å². The highest BCUT2D eigenvalue weighted by Gasteiger charge is 2.18. The van der Waals surface area contributed by atoms with Gasteiger partial charge in [0.2, 0.25) is 0 Å². The molecule has 5 heteroatoms. The van der Waals surface area contributed by atoms with Crippen LogP contribution in [0.15, 0.2) is 41.8 Å². The number of hydrogen-bond donors (Lipinski definition) is 0. The molecule has 3 nitrogen and oxygen atoms in total. The van der Waals surface area contributed by atoms with Gasteiger partial charge in [-0.2, -0.15) is 0 Å². The first-order chi connectivity index (χ1) is 10.2. The highest BCUT2D eigenvalue weighted by molar-refractivity contribution is 7.17. The Morgan fingerprint density at radius 1 is 1.33 bits per heavy atom. The zero-order valence-electron chi connectivity index (χ0n) is 11.5. The predicted molar refractivity (Wildman–Crippen MR) is 81.3 cm³/mol. The van der Waals surface area contributed by atoms with E-state index in [1.165, 1.54) is 6.07 Å². The van der Waals surface area contributed by atoms with E-state index >= 15 is 0 Å². The van der Waals surface area contributed by atoms with Crippen LogP contribution in [-0.2, 0) is 11.3 Å². The number of thiophene rings is 1. The van der Waals surface area contributed by atoms with Crippen LogP contribution in [0.3, 0.4) is 0 Å². The number of halogens is 1. The fourth-order valence-corrected chi connectivity index (χ4v) is 3.14. The van der Waals surface area contributed by atoms with Crippen LogP contribution in [0.4, 0.5) is 4.39 Å². The normalized spacial score (nSPS) is 11.0.